The fraction of sp³-hybridized carbons (Fsp3) is 0.640. The van der Waals surface area contributed by atoms with Crippen molar-refractivity contribution in [2.24, 2.45) is 5.92 Å². The van der Waals surface area contributed by atoms with Gasteiger partial charge in [0, 0.05) is 30.7 Å². The van der Waals surface area contributed by atoms with E-state index in [1.807, 2.05) is 32.0 Å². The van der Waals surface area contributed by atoms with Gasteiger partial charge in [-0.2, -0.15) is 0 Å². The van der Waals surface area contributed by atoms with Gasteiger partial charge in [-0.3, -0.25) is 9.59 Å². The van der Waals surface area contributed by atoms with E-state index in [0.717, 1.165) is 55.6 Å². The molecule has 0 radical (unpaired) electrons. The molecule has 1 aromatic heterocycles. The lowest BCUT2D eigenvalue weighted by molar-refractivity contribution is -0.137. The largest absolute Gasteiger partial charge is 0.481 e. The van der Waals surface area contributed by atoms with Gasteiger partial charge >= 0.3 is 5.97 Å². The topological polar surface area (TPSA) is 93.5 Å². The Morgan fingerprint density at radius 1 is 1.28 bits per heavy atom. The van der Waals surface area contributed by atoms with Crippen molar-refractivity contribution >= 4 is 22.9 Å². The number of nitrogens with one attached hydrogen (secondary N) is 1. The van der Waals surface area contributed by atoms with Gasteiger partial charge < -0.3 is 19.7 Å². The maximum Gasteiger partial charge on any atom is 0.305 e. The van der Waals surface area contributed by atoms with Crippen LogP contribution in [0.5, 0.6) is 0 Å². The molecule has 0 bridgehead atoms. The molecule has 2 aromatic rings. The summed E-state index contributed by atoms with van der Waals surface area (Å²) >= 11 is 0. The highest BCUT2D eigenvalue weighted by atomic mass is 16.5. The number of carboxylic acid groups (broad SMARTS) is 1. The number of rotatable bonds is 11. The number of nitrogens with zero attached hydrogens (tertiary/aromatic N) is 2. The van der Waals surface area contributed by atoms with Gasteiger partial charge in [-0.15, -0.1) is 0 Å². The second kappa shape index (κ2) is 10.9. The molecule has 1 amide bonds. The monoisotopic (exact) mass is 443 g/mol. The van der Waals surface area contributed by atoms with Crippen LogP contribution in [0.25, 0.3) is 11.0 Å². The molecule has 2 heterocycles. The number of benzene rings is 1. The maximum atomic E-state index is 12.9. The molecule has 1 aliphatic heterocycles. The van der Waals surface area contributed by atoms with Crippen LogP contribution in [0.2, 0.25) is 0 Å². The third kappa shape index (κ3) is 5.88. The first kappa shape index (κ1) is 24.2. The summed E-state index contributed by atoms with van der Waals surface area (Å²) in [5.74, 6) is 0.144. The molecule has 2 unspecified atom stereocenters. The van der Waals surface area contributed by atoms with Gasteiger partial charge in [0.25, 0.3) is 5.91 Å². The van der Waals surface area contributed by atoms with E-state index >= 15 is 0 Å². The molecular formula is C25H37N3O4. The average molecular weight is 444 g/mol. The third-order valence-corrected chi connectivity index (χ3v) is 6.28. The van der Waals surface area contributed by atoms with E-state index in [-0.39, 0.29) is 18.4 Å². The predicted molar refractivity (Wildman–Crippen MR) is 125 cm³/mol. The maximum absolute atomic E-state index is 12.9. The van der Waals surface area contributed by atoms with Crippen LogP contribution in [0.15, 0.2) is 18.2 Å². The Kier molecular flexibility index (Phi) is 8.29. The van der Waals surface area contributed by atoms with Gasteiger partial charge in [0.05, 0.1) is 23.6 Å². The fourth-order valence-electron chi connectivity index (χ4n) is 4.75. The number of carboxylic acids is 1. The number of aromatic nitrogens is 2. The first-order valence-electron chi connectivity index (χ1n) is 12.0. The normalized spacial score (nSPS) is 17.4. The Bertz CT molecular complexity index is 927. The van der Waals surface area contributed by atoms with Crippen LogP contribution in [-0.2, 0) is 16.0 Å². The van der Waals surface area contributed by atoms with Crippen molar-refractivity contribution in [2.45, 2.75) is 90.8 Å². The highest BCUT2D eigenvalue weighted by Gasteiger charge is 2.24. The molecule has 32 heavy (non-hydrogen) atoms. The standard InChI is InChI=1S/C25H37N3O4/c1-5-19(6-2)28-22-10-9-17(25(31)26-18(12-16(3)4)14-24(29)30)13-21(22)27-23(28)15-20-8-7-11-32-20/h9-10,13,16,18-20H,5-8,11-12,14-15H2,1-4H3,(H,26,31)(H,29,30). The van der Waals surface area contributed by atoms with Gasteiger partial charge in [0.2, 0.25) is 0 Å². The van der Waals surface area contributed by atoms with Crippen molar-refractivity contribution in [1.82, 2.24) is 14.9 Å². The molecule has 176 valence electrons. The summed E-state index contributed by atoms with van der Waals surface area (Å²) in [6, 6.07) is 5.58. The van der Waals surface area contributed by atoms with E-state index in [1.165, 1.54) is 0 Å². The van der Waals surface area contributed by atoms with Crippen LogP contribution in [-0.4, -0.2) is 45.3 Å². The summed E-state index contributed by atoms with van der Waals surface area (Å²) in [4.78, 5) is 29.1. The fourth-order valence-corrected chi connectivity index (χ4v) is 4.75. The van der Waals surface area contributed by atoms with E-state index < -0.39 is 12.0 Å². The van der Waals surface area contributed by atoms with Gasteiger partial charge in [-0.1, -0.05) is 27.7 Å². The zero-order valence-corrected chi connectivity index (χ0v) is 19.8. The Morgan fingerprint density at radius 2 is 2.03 bits per heavy atom. The smallest absolute Gasteiger partial charge is 0.305 e. The second-order valence-electron chi connectivity index (χ2n) is 9.31. The molecule has 3 rings (SSSR count). The van der Waals surface area contributed by atoms with Gasteiger partial charge in [0.1, 0.15) is 5.82 Å². The number of hydrogen-bond donors (Lipinski definition) is 2. The van der Waals surface area contributed by atoms with E-state index in [4.69, 9.17) is 9.72 Å². The Hall–Kier alpha value is -2.41. The third-order valence-electron chi connectivity index (χ3n) is 6.28. The number of carbonyl (C=O) groups is 2. The molecule has 1 aromatic carbocycles. The van der Waals surface area contributed by atoms with E-state index in [1.54, 1.807) is 0 Å². The molecular weight excluding hydrogens is 406 g/mol. The minimum absolute atomic E-state index is 0.0823. The van der Waals surface area contributed by atoms with Gasteiger partial charge in [-0.05, 0) is 56.2 Å². The zero-order chi connectivity index (χ0) is 23.3. The quantitative estimate of drug-likeness (QED) is 0.523. The summed E-state index contributed by atoms with van der Waals surface area (Å²) in [5, 5.41) is 12.1. The van der Waals surface area contributed by atoms with Crippen LogP contribution in [0.4, 0.5) is 0 Å². The zero-order valence-electron chi connectivity index (χ0n) is 19.8. The van der Waals surface area contributed by atoms with Crippen molar-refractivity contribution in [1.29, 1.82) is 0 Å². The summed E-state index contributed by atoms with van der Waals surface area (Å²) in [7, 11) is 0. The lowest BCUT2D eigenvalue weighted by Crippen LogP contribution is -2.37. The first-order valence-corrected chi connectivity index (χ1v) is 12.0. The number of carbonyl (C=O) groups excluding carboxylic acids is 1. The Morgan fingerprint density at radius 3 is 2.62 bits per heavy atom. The van der Waals surface area contributed by atoms with Crippen molar-refractivity contribution in [3.05, 3.63) is 29.6 Å². The summed E-state index contributed by atoms with van der Waals surface area (Å²) in [6.45, 7) is 9.23. The number of fused-ring (bicyclic) bond motifs is 1. The van der Waals surface area contributed by atoms with Gasteiger partial charge in [0.15, 0.2) is 0 Å². The first-order chi connectivity index (χ1) is 15.3. The van der Waals surface area contributed by atoms with Crippen molar-refractivity contribution in [3.63, 3.8) is 0 Å². The van der Waals surface area contributed by atoms with E-state index in [0.29, 0.717) is 23.9 Å². The molecule has 0 saturated carbocycles. The number of hydrogen-bond acceptors (Lipinski definition) is 4. The van der Waals surface area contributed by atoms with Crippen molar-refractivity contribution in [2.75, 3.05) is 6.61 Å². The number of ether oxygens (including phenoxy) is 1. The molecule has 2 atom stereocenters. The molecule has 2 N–H and O–H groups in total. The van der Waals surface area contributed by atoms with Crippen molar-refractivity contribution < 1.29 is 19.4 Å². The highest BCUT2D eigenvalue weighted by Crippen LogP contribution is 2.28. The molecule has 7 heteroatoms. The molecule has 1 saturated heterocycles. The molecule has 7 nitrogen and oxygen atoms in total. The molecule has 0 spiro atoms. The lowest BCUT2D eigenvalue weighted by Gasteiger charge is -2.20. The summed E-state index contributed by atoms with van der Waals surface area (Å²) in [5.41, 5.74) is 2.35. The van der Waals surface area contributed by atoms with Crippen molar-refractivity contribution in [3.8, 4) is 0 Å². The van der Waals surface area contributed by atoms with E-state index in [2.05, 4.69) is 23.7 Å². The molecule has 0 aliphatic carbocycles. The molecule has 1 aliphatic rings. The SMILES string of the molecule is CCC(CC)n1c(CC2CCCO2)nc2cc(C(=O)NC(CC(=O)O)CC(C)C)ccc21. The molecule has 1 fully saturated rings. The van der Waals surface area contributed by atoms with Crippen LogP contribution < -0.4 is 5.32 Å². The second-order valence-corrected chi connectivity index (χ2v) is 9.31. The number of aliphatic carboxylic acids is 1. The Labute approximate surface area is 190 Å². The van der Waals surface area contributed by atoms with Gasteiger partial charge in [-0.25, -0.2) is 4.98 Å². The van der Waals surface area contributed by atoms with Crippen LogP contribution in [0, 0.1) is 5.92 Å². The summed E-state index contributed by atoms with van der Waals surface area (Å²) < 4.78 is 8.18. The van der Waals surface area contributed by atoms with Crippen LogP contribution in [0.3, 0.4) is 0 Å². The Balaban J connectivity index is 1.89. The minimum Gasteiger partial charge on any atom is -0.481 e. The number of amides is 1. The average Bonchev–Trinajstić information content (AvgIpc) is 3.36. The highest BCUT2D eigenvalue weighted by molar-refractivity contribution is 5.97. The number of imidazole rings is 1. The minimum atomic E-state index is -0.908. The van der Waals surface area contributed by atoms with Crippen LogP contribution in [0.1, 0.15) is 88.4 Å². The predicted octanol–water partition coefficient (Wildman–Crippen LogP) is 4.74. The van der Waals surface area contributed by atoms with E-state index in [9.17, 15) is 14.7 Å². The lowest BCUT2D eigenvalue weighted by atomic mass is 10.0. The van der Waals surface area contributed by atoms with Crippen LogP contribution >= 0.6 is 0 Å². The summed E-state index contributed by atoms with van der Waals surface area (Å²) in [6.07, 6.45) is 5.69.